The van der Waals surface area contributed by atoms with E-state index in [-0.39, 0.29) is 11.5 Å². The van der Waals surface area contributed by atoms with Crippen LogP contribution < -0.4 is 5.32 Å². The van der Waals surface area contributed by atoms with Gasteiger partial charge in [-0.2, -0.15) is 0 Å². The molecule has 0 spiro atoms. The van der Waals surface area contributed by atoms with Gasteiger partial charge < -0.3 is 10.4 Å². The lowest BCUT2D eigenvalue weighted by Gasteiger charge is -2.05. The van der Waals surface area contributed by atoms with E-state index < -0.39 is 5.97 Å². The molecule has 1 aromatic heterocycles. The molecule has 110 valence electrons. The number of nitrogens with one attached hydrogen (secondary N) is 1. The number of carbonyl (C=O) groups is 2. The maximum atomic E-state index is 11.8. The highest BCUT2D eigenvalue weighted by Crippen LogP contribution is 2.13. The molecule has 1 aromatic carbocycles. The second-order valence-corrected chi connectivity index (χ2v) is 5.71. The number of hydrogen-bond acceptors (Lipinski definition) is 4. The Bertz CT molecular complexity index is 652. The molecule has 0 radical (unpaired) electrons. The first-order valence-electron chi connectivity index (χ1n) is 6.59. The molecule has 0 saturated carbocycles. The standard InChI is InChI=1S/C15H16N2O3S/c1-10-16-13(9-21-10)6-3-7-14(18)17-12-5-2-4-11(8-12)15(19)20/h2,4-5,8-9H,3,6-7H2,1H3,(H,17,18)(H,19,20). The zero-order valence-corrected chi connectivity index (χ0v) is 12.4. The Kier molecular flexibility index (Phi) is 5.05. The molecule has 2 rings (SSSR count). The van der Waals surface area contributed by atoms with Crippen molar-refractivity contribution in [3.8, 4) is 0 Å². The third kappa shape index (κ3) is 4.68. The number of carbonyl (C=O) groups excluding carboxylic acids is 1. The van der Waals surface area contributed by atoms with Crippen molar-refractivity contribution >= 4 is 28.9 Å². The van der Waals surface area contributed by atoms with Crippen molar-refractivity contribution in [3.05, 3.63) is 45.9 Å². The van der Waals surface area contributed by atoms with Crippen LogP contribution in [0.4, 0.5) is 5.69 Å². The number of carboxylic acids is 1. The Labute approximate surface area is 126 Å². The predicted octanol–water partition coefficient (Wildman–Crippen LogP) is 3.11. The van der Waals surface area contributed by atoms with Crippen molar-refractivity contribution in [1.29, 1.82) is 0 Å². The van der Waals surface area contributed by atoms with Crippen LogP contribution >= 0.6 is 11.3 Å². The lowest BCUT2D eigenvalue weighted by molar-refractivity contribution is -0.116. The van der Waals surface area contributed by atoms with Gasteiger partial charge in [-0.1, -0.05) is 6.07 Å². The van der Waals surface area contributed by atoms with Crippen LogP contribution in [0.3, 0.4) is 0 Å². The number of aryl methyl sites for hydroxylation is 2. The van der Waals surface area contributed by atoms with Crippen molar-refractivity contribution in [3.63, 3.8) is 0 Å². The highest BCUT2D eigenvalue weighted by atomic mass is 32.1. The van der Waals surface area contributed by atoms with Crippen LogP contribution in [0.15, 0.2) is 29.6 Å². The zero-order chi connectivity index (χ0) is 15.2. The van der Waals surface area contributed by atoms with E-state index >= 15 is 0 Å². The molecule has 5 nitrogen and oxygen atoms in total. The summed E-state index contributed by atoms with van der Waals surface area (Å²) in [5, 5.41) is 14.6. The smallest absolute Gasteiger partial charge is 0.335 e. The van der Waals surface area contributed by atoms with Gasteiger partial charge in [0, 0.05) is 17.5 Å². The van der Waals surface area contributed by atoms with Crippen LogP contribution in [0.5, 0.6) is 0 Å². The molecule has 0 fully saturated rings. The van der Waals surface area contributed by atoms with Crippen LogP contribution in [-0.2, 0) is 11.2 Å². The van der Waals surface area contributed by atoms with Gasteiger partial charge in [0.05, 0.1) is 16.3 Å². The van der Waals surface area contributed by atoms with Gasteiger partial charge in [0.25, 0.3) is 0 Å². The molecule has 6 heteroatoms. The van der Waals surface area contributed by atoms with Crippen molar-refractivity contribution in [2.75, 3.05) is 5.32 Å². The molecular formula is C15H16N2O3S. The topological polar surface area (TPSA) is 79.3 Å². The third-order valence-electron chi connectivity index (χ3n) is 2.90. The van der Waals surface area contributed by atoms with E-state index in [1.54, 1.807) is 23.5 Å². The second kappa shape index (κ2) is 6.99. The van der Waals surface area contributed by atoms with Crippen LogP contribution in [0.25, 0.3) is 0 Å². The van der Waals surface area contributed by atoms with E-state index in [0.717, 1.165) is 17.1 Å². The minimum absolute atomic E-state index is 0.121. The first-order chi connectivity index (χ1) is 10.0. The number of rotatable bonds is 6. The third-order valence-corrected chi connectivity index (χ3v) is 3.72. The molecule has 2 N–H and O–H groups in total. The van der Waals surface area contributed by atoms with Crippen molar-refractivity contribution in [2.24, 2.45) is 0 Å². The van der Waals surface area contributed by atoms with E-state index in [0.29, 0.717) is 18.5 Å². The zero-order valence-electron chi connectivity index (χ0n) is 11.6. The molecular weight excluding hydrogens is 288 g/mol. The maximum absolute atomic E-state index is 11.8. The maximum Gasteiger partial charge on any atom is 0.335 e. The molecule has 2 aromatic rings. The van der Waals surface area contributed by atoms with E-state index in [2.05, 4.69) is 10.3 Å². The number of nitrogens with zero attached hydrogens (tertiary/aromatic N) is 1. The highest BCUT2D eigenvalue weighted by Gasteiger charge is 2.07. The summed E-state index contributed by atoms with van der Waals surface area (Å²) < 4.78 is 0. The molecule has 0 bridgehead atoms. The fourth-order valence-electron chi connectivity index (χ4n) is 1.91. The fraction of sp³-hybridized carbons (Fsp3) is 0.267. The number of amides is 1. The van der Waals surface area contributed by atoms with Gasteiger partial charge in [-0.05, 0) is 38.0 Å². The van der Waals surface area contributed by atoms with E-state index in [1.165, 1.54) is 12.1 Å². The lowest BCUT2D eigenvalue weighted by atomic mass is 10.1. The first kappa shape index (κ1) is 15.2. The summed E-state index contributed by atoms with van der Waals surface area (Å²) in [4.78, 5) is 27.0. The van der Waals surface area contributed by atoms with Crippen LogP contribution in [0.2, 0.25) is 0 Å². The molecule has 0 unspecified atom stereocenters. The summed E-state index contributed by atoms with van der Waals surface area (Å²) in [6.45, 7) is 1.95. The normalized spacial score (nSPS) is 10.3. The average Bonchev–Trinajstić information content (AvgIpc) is 2.84. The van der Waals surface area contributed by atoms with E-state index in [9.17, 15) is 9.59 Å². The Morgan fingerprint density at radius 3 is 2.86 bits per heavy atom. The monoisotopic (exact) mass is 304 g/mol. The van der Waals surface area contributed by atoms with Gasteiger partial charge >= 0.3 is 5.97 Å². The molecule has 1 amide bonds. The molecule has 0 saturated heterocycles. The SMILES string of the molecule is Cc1nc(CCCC(=O)Nc2cccc(C(=O)O)c2)cs1. The number of thiazole rings is 1. The highest BCUT2D eigenvalue weighted by molar-refractivity contribution is 7.09. The molecule has 0 atom stereocenters. The largest absolute Gasteiger partial charge is 0.478 e. The minimum Gasteiger partial charge on any atom is -0.478 e. The number of benzene rings is 1. The van der Waals surface area contributed by atoms with Crippen LogP contribution in [-0.4, -0.2) is 22.0 Å². The summed E-state index contributed by atoms with van der Waals surface area (Å²) >= 11 is 1.60. The summed E-state index contributed by atoms with van der Waals surface area (Å²) in [6.07, 6.45) is 1.87. The molecule has 0 aliphatic heterocycles. The van der Waals surface area contributed by atoms with E-state index in [1.807, 2.05) is 12.3 Å². The number of hydrogen-bond donors (Lipinski definition) is 2. The number of carboxylic acid groups (broad SMARTS) is 1. The van der Waals surface area contributed by atoms with Crippen molar-refractivity contribution in [1.82, 2.24) is 4.98 Å². The van der Waals surface area contributed by atoms with Gasteiger partial charge in [0.15, 0.2) is 0 Å². The van der Waals surface area contributed by atoms with Gasteiger partial charge in [-0.3, -0.25) is 4.79 Å². The Balaban J connectivity index is 1.81. The second-order valence-electron chi connectivity index (χ2n) is 4.65. The lowest BCUT2D eigenvalue weighted by Crippen LogP contribution is -2.12. The van der Waals surface area contributed by atoms with Crippen LogP contribution in [0, 0.1) is 6.92 Å². The van der Waals surface area contributed by atoms with Gasteiger partial charge in [0.1, 0.15) is 0 Å². The first-order valence-corrected chi connectivity index (χ1v) is 7.47. The quantitative estimate of drug-likeness (QED) is 0.859. The van der Waals surface area contributed by atoms with E-state index in [4.69, 9.17) is 5.11 Å². The van der Waals surface area contributed by atoms with Crippen LogP contribution in [0.1, 0.15) is 33.9 Å². The summed E-state index contributed by atoms with van der Waals surface area (Å²) in [5.41, 5.74) is 1.67. The number of anilines is 1. The number of aromatic carboxylic acids is 1. The summed E-state index contributed by atoms with van der Waals surface area (Å²) in [6, 6.07) is 6.22. The predicted molar refractivity (Wildman–Crippen MR) is 81.8 cm³/mol. The summed E-state index contributed by atoms with van der Waals surface area (Å²) in [5.74, 6) is -1.13. The molecule has 0 aliphatic rings. The minimum atomic E-state index is -1.01. The Morgan fingerprint density at radius 1 is 1.38 bits per heavy atom. The van der Waals surface area contributed by atoms with Gasteiger partial charge in [0.2, 0.25) is 5.91 Å². The Hall–Kier alpha value is -2.21. The van der Waals surface area contributed by atoms with Gasteiger partial charge in [-0.15, -0.1) is 11.3 Å². The molecule has 21 heavy (non-hydrogen) atoms. The molecule has 0 aliphatic carbocycles. The van der Waals surface area contributed by atoms with Crippen molar-refractivity contribution in [2.45, 2.75) is 26.2 Å². The summed E-state index contributed by atoms with van der Waals surface area (Å²) in [7, 11) is 0. The molecule has 1 heterocycles. The Morgan fingerprint density at radius 2 is 2.19 bits per heavy atom. The average molecular weight is 304 g/mol. The fourth-order valence-corrected chi connectivity index (χ4v) is 2.55. The van der Waals surface area contributed by atoms with Gasteiger partial charge in [-0.25, -0.2) is 9.78 Å². The van der Waals surface area contributed by atoms with Crippen molar-refractivity contribution < 1.29 is 14.7 Å². The number of aromatic nitrogens is 1.